The number of nitrogens with zero attached hydrogens (tertiary/aromatic N) is 2. The lowest BCUT2D eigenvalue weighted by molar-refractivity contribution is -0.120. The Morgan fingerprint density at radius 2 is 1.58 bits per heavy atom. The largest absolute Gasteiger partial charge is 0.493 e. The molecule has 1 aromatic heterocycles. The first kappa shape index (κ1) is 32.0. The molecule has 45 heavy (non-hydrogen) atoms. The van der Waals surface area contributed by atoms with E-state index in [0.717, 1.165) is 74.3 Å². The molecule has 0 aliphatic rings. The summed E-state index contributed by atoms with van der Waals surface area (Å²) in [5, 5.41) is 3.10. The molecule has 1 amide bonds. The number of benzene rings is 4. The molecule has 5 rings (SSSR count). The van der Waals surface area contributed by atoms with Crippen molar-refractivity contribution >= 4 is 16.9 Å². The van der Waals surface area contributed by atoms with Crippen LogP contribution in [0.1, 0.15) is 74.4 Å². The number of aryl methyl sites for hydroxylation is 3. The third-order valence-electron chi connectivity index (χ3n) is 8.38. The van der Waals surface area contributed by atoms with Crippen molar-refractivity contribution in [2.24, 2.45) is 0 Å². The van der Waals surface area contributed by atoms with Gasteiger partial charge in [0.15, 0.2) is 0 Å². The van der Waals surface area contributed by atoms with Crippen LogP contribution < -0.4 is 10.1 Å². The number of ether oxygens (including phenoxy) is 1. The molecule has 0 spiro atoms. The minimum absolute atomic E-state index is 0.0797. The average molecular weight is 602 g/mol. The first-order valence-electron chi connectivity index (χ1n) is 16.6. The monoisotopic (exact) mass is 601 g/mol. The van der Waals surface area contributed by atoms with Gasteiger partial charge in [0.2, 0.25) is 5.91 Å². The number of imidazole rings is 1. The van der Waals surface area contributed by atoms with Crippen molar-refractivity contribution in [3.8, 4) is 16.9 Å². The highest BCUT2D eigenvalue weighted by Crippen LogP contribution is 2.28. The minimum atomic E-state index is 0.0797. The number of unbranched alkanes of at least 4 members (excludes halogenated alkanes) is 3. The van der Waals surface area contributed by atoms with E-state index in [0.29, 0.717) is 18.9 Å². The summed E-state index contributed by atoms with van der Waals surface area (Å²) in [7, 11) is 0. The van der Waals surface area contributed by atoms with Gasteiger partial charge in [-0.15, -0.1) is 0 Å². The van der Waals surface area contributed by atoms with Gasteiger partial charge in [-0.1, -0.05) is 99.1 Å². The number of fused-ring (bicyclic) bond motifs is 1. The van der Waals surface area contributed by atoms with Gasteiger partial charge in [0.1, 0.15) is 11.6 Å². The molecule has 1 N–H and O–H groups in total. The number of hydrogen-bond donors (Lipinski definition) is 1. The first-order chi connectivity index (χ1) is 22.0. The standard InChI is InChI=1S/C40H47N3O2/c1-30(2)35-24-19-31(3)28-38(35)45-27-13-12-26-43-37-17-10-9-16-36(37)42-39(43)18-8-5-11-25-41-40(44)29-32-20-22-34(23-21-32)33-14-6-4-7-15-33/h4,6-7,9-10,14-17,19-24,28,30H,5,8,11-13,18,25-27,29H2,1-3H3,(H,41,44). The molecule has 5 heteroatoms. The van der Waals surface area contributed by atoms with E-state index in [1.54, 1.807) is 0 Å². The summed E-state index contributed by atoms with van der Waals surface area (Å²) in [5.41, 5.74) is 8.17. The number of aromatic nitrogens is 2. The summed E-state index contributed by atoms with van der Waals surface area (Å²) in [5.74, 6) is 2.70. The van der Waals surface area contributed by atoms with Crippen LogP contribution in [0.25, 0.3) is 22.2 Å². The summed E-state index contributed by atoms with van der Waals surface area (Å²) in [4.78, 5) is 17.5. The summed E-state index contributed by atoms with van der Waals surface area (Å²) in [6.45, 7) is 8.91. The van der Waals surface area contributed by atoms with Crippen LogP contribution in [0.5, 0.6) is 5.75 Å². The van der Waals surface area contributed by atoms with E-state index in [1.165, 1.54) is 27.8 Å². The fourth-order valence-corrected chi connectivity index (χ4v) is 5.87. The lowest BCUT2D eigenvalue weighted by Crippen LogP contribution is -2.26. The zero-order valence-electron chi connectivity index (χ0n) is 27.1. The summed E-state index contributed by atoms with van der Waals surface area (Å²) in [6, 6.07) is 33.5. The van der Waals surface area contributed by atoms with E-state index >= 15 is 0 Å². The molecule has 4 aromatic carbocycles. The fraction of sp³-hybridized carbons (Fsp3) is 0.350. The van der Waals surface area contributed by atoms with E-state index in [-0.39, 0.29) is 5.91 Å². The molecule has 0 aliphatic carbocycles. The van der Waals surface area contributed by atoms with Crippen LogP contribution in [0, 0.1) is 6.92 Å². The highest BCUT2D eigenvalue weighted by molar-refractivity contribution is 5.79. The molecular formula is C40H47N3O2. The molecule has 0 saturated carbocycles. The van der Waals surface area contributed by atoms with Crippen LogP contribution in [0.15, 0.2) is 97.1 Å². The fourth-order valence-electron chi connectivity index (χ4n) is 5.87. The van der Waals surface area contributed by atoms with Crippen LogP contribution in [0.4, 0.5) is 0 Å². The summed E-state index contributed by atoms with van der Waals surface area (Å²) >= 11 is 0. The van der Waals surface area contributed by atoms with Gasteiger partial charge < -0.3 is 14.6 Å². The topological polar surface area (TPSA) is 56.1 Å². The second-order valence-electron chi connectivity index (χ2n) is 12.3. The third kappa shape index (κ3) is 9.07. The first-order valence-corrected chi connectivity index (χ1v) is 16.6. The van der Waals surface area contributed by atoms with Crippen molar-refractivity contribution < 1.29 is 9.53 Å². The molecule has 0 fully saturated rings. The second-order valence-corrected chi connectivity index (χ2v) is 12.3. The lowest BCUT2D eigenvalue weighted by atomic mass is 10.0. The van der Waals surface area contributed by atoms with E-state index in [2.05, 4.69) is 97.4 Å². The van der Waals surface area contributed by atoms with E-state index in [1.807, 2.05) is 30.3 Å². The van der Waals surface area contributed by atoms with Crippen LogP contribution in [-0.2, 0) is 24.2 Å². The van der Waals surface area contributed by atoms with Gasteiger partial charge in [-0.2, -0.15) is 0 Å². The number of amides is 1. The summed E-state index contributed by atoms with van der Waals surface area (Å²) < 4.78 is 8.63. The Bertz CT molecular complexity index is 1650. The normalized spacial score (nSPS) is 11.3. The van der Waals surface area contributed by atoms with Gasteiger partial charge in [-0.25, -0.2) is 4.98 Å². The molecule has 1 heterocycles. The average Bonchev–Trinajstić information content (AvgIpc) is 3.40. The van der Waals surface area contributed by atoms with Crippen molar-refractivity contribution in [3.05, 3.63) is 120 Å². The van der Waals surface area contributed by atoms with Crippen LogP contribution >= 0.6 is 0 Å². The van der Waals surface area contributed by atoms with Crippen LogP contribution in [-0.4, -0.2) is 28.6 Å². The summed E-state index contributed by atoms with van der Waals surface area (Å²) in [6.07, 6.45) is 6.45. The number of para-hydroxylation sites is 2. The SMILES string of the molecule is Cc1ccc(C(C)C)c(OCCCCn2c(CCCCCNC(=O)Cc3ccc(-c4ccccc4)cc3)nc3ccccc32)c1. The van der Waals surface area contributed by atoms with Crippen molar-refractivity contribution in [3.63, 3.8) is 0 Å². The smallest absolute Gasteiger partial charge is 0.224 e. The Balaban J connectivity index is 1.03. The van der Waals surface area contributed by atoms with E-state index in [9.17, 15) is 4.79 Å². The molecule has 234 valence electrons. The Kier molecular flexibility index (Phi) is 11.4. The van der Waals surface area contributed by atoms with E-state index in [4.69, 9.17) is 9.72 Å². The number of nitrogens with one attached hydrogen (secondary N) is 1. The number of carbonyl (C=O) groups is 1. The molecular weight excluding hydrogens is 554 g/mol. The molecule has 0 unspecified atom stereocenters. The van der Waals surface area contributed by atoms with Crippen LogP contribution in [0.2, 0.25) is 0 Å². The maximum Gasteiger partial charge on any atom is 0.224 e. The minimum Gasteiger partial charge on any atom is -0.493 e. The Hall–Kier alpha value is -4.38. The third-order valence-corrected chi connectivity index (χ3v) is 8.38. The molecule has 0 saturated heterocycles. The Morgan fingerprint density at radius 1 is 0.822 bits per heavy atom. The van der Waals surface area contributed by atoms with Gasteiger partial charge in [0.05, 0.1) is 24.1 Å². The zero-order valence-corrected chi connectivity index (χ0v) is 27.1. The molecule has 0 bridgehead atoms. The predicted molar refractivity (Wildman–Crippen MR) is 186 cm³/mol. The number of carbonyl (C=O) groups excluding carboxylic acids is 1. The lowest BCUT2D eigenvalue weighted by Gasteiger charge is -2.15. The molecule has 5 nitrogen and oxygen atoms in total. The van der Waals surface area contributed by atoms with Crippen molar-refractivity contribution in [1.29, 1.82) is 0 Å². The van der Waals surface area contributed by atoms with Gasteiger partial charge >= 0.3 is 0 Å². The van der Waals surface area contributed by atoms with Gasteiger partial charge in [-0.05, 0) is 84.5 Å². The highest BCUT2D eigenvalue weighted by atomic mass is 16.5. The molecule has 0 atom stereocenters. The zero-order chi connectivity index (χ0) is 31.4. The Labute approximate surface area is 268 Å². The van der Waals surface area contributed by atoms with Crippen molar-refractivity contribution in [2.45, 2.75) is 78.2 Å². The van der Waals surface area contributed by atoms with Crippen LogP contribution in [0.3, 0.4) is 0 Å². The van der Waals surface area contributed by atoms with Crippen molar-refractivity contribution in [2.75, 3.05) is 13.2 Å². The molecule has 0 aliphatic heterocycles. The number of hydrogen-bond acceptors (Lipinski definition) is 3. The highest BCUT2D eigenvalue weighted by Gasteiger charge is 2.12. The number of rotatable bonds is 16. The predicted octanol–water partition coefficient (Wildman–Crippen LogP) is 9.07. The molecule has 5 aromatic rings. The molecule has 0 radical (unpaired) electrons. The van der Waals surface area contributed by atoms with Gasteiger partial charge in [0.25, 0.3) is 0 Å². The van der Waals surface area contributed by atoms with Gasteiger partial charge in [0, 0.05) is 19.5 Å². The quantitative estimate of drug-likeness (QED) is 0.115. The van der Waals surface area contributed by atoms with Gasteiger partial charge in [-0.3, -0.25) is 4.79 Å². The maximum atomic E-state index is 12.5. The van der Waals surface area contributed by atoms with Crippen molar-refractivity contribution in [1.82, 2.24) is 14.9 Å². The second kappa shape index (κ2) is 16.1. The Morgan fingerprint density at radius 3 is 2.38 bits per heavy atom. The van der Waals surface area contributed by atoms with E-state index < -0.39 is 0 Å². The maximum absolute atomic E-state index is 12.5.